The van der Waals surface area contributed by atoms with Gasteiger partial charge in [-0.2, -0.15) is 0 Å². The molecule has 9 nitrogen and oxygen atoms in total. The van der Waals surface area contributed by atoms with Crippen molar-refractivity contribution in [2.75, 3.05) is 47.5 Å². The van der Waals surface area contributed by atoms with Gasteiger partial charge in [-0.25, -0.2) is 0 Å². The predicted molar refractivity (Wildman–Crippen MR) is 320 cm³/mol. The fourth-order valence-corrected chi connectivity index (χ4v) is 9.41. The van der Waals surface area contributed by atoms with Crippen LogP contribution in [0.5, 0.6) is 0 Å². The Balaban J connectivity index is 4.02. The van der Waals surface area contributed by atoms with Crippen molar-refractivity contribution in [1.29, 1.82) is 0 Å². The highest BCUT2D eigenvalue weighted by molar-refractivity contribution is 5.70. The summed E-state index contributed by atoms with van der Waals surface area (Å²) < 4.78 is 22.8. The van der Waals surface area contributed by atoms with Gasteiger partial charge in [-0.15, -0.1) is 0 Å². The topological polar surface area (TPSA) is 111 Å². The molecule has 0 saturated carbocycles. The van der Waals surface area contributed by atoms with Crippen LogP contribution in [0, 0.1) is 0 Å². The first kappa shape index (κ1) is 73.2. The van der Waals surface area contributed by atoms with Gasteiger partial charge in [-0.05, 0) is 51.4 Å². The van der Waals surface area contributed by atoms with E-state index in [9.17, 15) is 19.5 Å². The molecule has 2 unspecified atom stereocenters. The van der Waals surface area contributed by atoms with Crippen LogP contribution in [-0.4, -0.2) is 82.3 Å². The smallest absolute Gasteiger partial charge is 0.306 e. The Bertz CT molecular complexity index is 1380. The van der Waals surface area contributed by atoms with Crippen molar-refractivity contribution in [3.63, 3.8) is 0 Å². The number of esters is 2. The van der Waals surface area contributed by atoms with Crippen molar-refractivity contribution < 1.29 is 42.9 Å². The minimum atomic E-state index is -1.62. The van der Waals surface area contributed by atoms with E-state index in [4.69, 9.17) is 18.9 Å². The van der Waals surface area contributed by atoms with E-state index in [1.54, 1.807) is 0 Å². The number of carbonyl (C=O) groups is 3. The van der Waals surface area contributed by atoms with Crippen LogP contribution in [0.4, 0.5) is 0 Å². The molecule has 0 rings (SSSR count). The molecule has 0 bridgehead atoms. The Labute approximate surface area is 470 Å². The lowest BCUT2D eigenvalue weighted by Gasteiger charge is -2.26. The highest BCUT2D eigenvalue weighted by Crippen LogP contribution is 2.18. The molecule has 2 atom stereocenters. The normalized spacial score (nSPS) is 13.0. The maximum Gasteiger partial charge on any atom is 0.306 e. The first-order chi connectivity index (χ1) is 37.1. The Morgan fingerprint density at radius 3 is 1.12 bits per heavy atom. The third-order valence-electron chi connectivity index (χ3n) is 14.3. The highest BCUT2D eigenvalue weighted by atomic mass is 16.7. The summed E-state index contributed by atoms with van der Waals surface area (Å²) in [5.74, 6) is -2.26. The zero-order valence-electron chi connectivity index (χ0n) is 50.6. The number of rotatable bonds is 60. The molecule has 0 spiro atoms. The molecule has 0 radical (unpaired) electrons. The molecule has 0 saturated heterocycles. The van der Waals surface area contributed by atoms with E-state index in [-0.39, 0.29) is 32.2 Å². The van der Waals surface area contributed by atoms with Gasteiger partial charge in [-0.3, -0.25) is 9.59 Å². The molecule has 0 aliphatic heterocycles. The molecule has 9 heteroatoms. The highest BCUT2D eigenvalue weighted by Gasteiger charge is 2.22. The van der Waals surface area contributed by atoms with Gasteiger partial charge in [0.25, 0.3) is 0 Å². The number of hydrogen-bond donors (Lipinski definition) is 0. The van der Waals surface area contributed by atoms with Gasteiger partial charge < -0.3 is 33.3 Å². The van der Waals surface area contributed by atoms with Crippen molar-refractivity contribution >= 4 is 17.9 Å². The van der Waals surface area contributed by atoms with Gasteiger partial charge in [0, 0.05) is 12.8 Å². The van der Waals surface area contributed by atoms with E-state index >= 15 is 0 Å². The molecule has 76 heavy (non-hydrogen) atoms. The maximum atomic E-state index is 12.9. The molecular weight excluding hydrogens is 947 g/mol. The number of hydrogen-bond acceptors (Lipinski definition) is 8. The van der Waals surface area contributed by atoms with Crippen LogP contribution in [0.15, 0.2) is 48.6 Å². The van der Waals surface area contributed by atoms with Gasteiger partial charge in [0.1, 0.15) is 13.2 Å². The van der Waals surface area contributed by atoms with Crippen molar-refractivity contribution in [1.82, 2.24) is 0 Å². The number of nitrogens with zero attached hydrogens (tertiary/aromatic N) is 1. The molecule has 0 amide bonds. The van der Waals surface area contributed by atoms with Crippen LogP contribution in [0.1, 0.15) is 303 Å². The number of quaternary nitrogens is 1. The monoisotopic (exact) mass is 1070 g/mol. The summed E-state index contributed by atoms with van der Waals surface area (Å²) >= 11 is 0. The number of carbonyl (C=O) groups excluding carboxylic acids is 3. The summed E-state index contributed by atoms with van der Waals surface area (Å²) in [7, 11) is 5.93. The number of carboxylic acid groups (broad SMARTS) is 1. The number of likely N-dealkylation sites (N-methyl/N-ethyl adjacent to an activating group) is 1. The third-order valence-corrected chi connectivity index (χ3v) is 14.3. The number of unbranched alkanes of at least 4 members (excludes halogenated alkanes) is 37. The van der Waals surface area contributed by atoms with E-state index in [2.05, 4.69) is 62.5 Å². The molecule has 0 fully saturated rings. The Hall–Kier alpha value is -2.75. The van der Waals surface area contributed by atoms with Crippen molar-refractivity contribution in [2.24, 2.45) is 0 Å². The maximum absolute atomic E-state index is 12.9. The van der Waals surface area contributed by atoms with E-state index in [1.807, 2.05) is 21.1 Å². The second-order valence-electron chi connectivity index (χ2n) is 23.0. The second kappa shape index (κ2) is 58.4. The lowest BCUT2D eigenvalue weighted by atomic mass is 10.0. The average molecular weight is 1070 g/mol. The van der Waals surface area contributed by atoms with Gasteiger partial charge in [0.15, 0.2) is 12.4 Å². The van der Waals surface area contributed by atoms with E-state index in [1.165, 1.54) is 212 Å². The van der Waals surface area contributed by atoms with Crippen LogP contribution in [-0.2, 0) is 33.3 Å². The summed E-state index contributed by atoms with van der Waals surface area (Å²) in [5.41, 5.74) is 0. The predicted octanol–water partition coefficient (Wildman–Crippen LogP) is 18.1. The van der Waals surface area contributed by atoms with Crippen molar-refractivity contribution in [3.8, 4) is 0 Å². The molecule has 0 aliphatic rings. The second-order valence-corrected chi connectivity index (χ2v) is 23.0. The summed E-state index contributed by atoms with van der Waals surface area (Å²) in [6, 6.07) is 0. The lowest BCUT2D eigenvalue weighted by Crippen LogP contribution is -2.44. The Kier molecular flexibility index (Phi) is 56.3. The van der Waals surface area contributed by atoms with E-state index in [0.717, 1.165) is 64.2 Å². The zero-order chi connectivity index (χ0) is 55.5. The van der Waals surface area contributed by atoms with Crippen molar-refractivity contribution in [2.45, 2.75) is 315 Å². The summed E-state index contributed by atoms with van der Waals surface area (Å²) in [6.45, 7) is 4.68. The zero-order valence-corrected chi connectivity index (χ0v) is 50.6. The van der Waals surface area contributed by atoms with Gasteiger partial charge in [-0.1, -0.05) is 287 Å². The van der Waals surface area contributed by atoms with Gasteiger partial charge in [0.2, 0.25) is 0 Å². The van der Waals surface area contributed by atoms with Crippen LogP contribution in [0.25, 0.3) is 0 Å². The fourth-order valence-electron chi connectivity index (χ4n) is 9.41. The van der Waals surface area contributed by atoms with Gasteiger partial charge in [0.05, 0.1) is 40.3 Å². The molecule has 0 aromatic rings. The average Bonchev–Trinajstić information content (AvgIpc) is 3.39. The Morgan fingerprint density at radius 1 is 0.408 bits per heavy atom. The minimum absolute atomic E-state index is 0.151. The quantitative estimate of drug-likeness (QED) is 0.0195. The van der Waals surface area contributed by atoms with Crippen molar-refractivity contribution in [3.05, 3.63) is 48.6 Å². The van der Waals surface area contributed by atoms with Gasteiger partial charge >= 0.3 is 11.9 Å². The standard InChI is InChI=1S/C67H123NO8/c1-6-8-10-12-14-16-18-20-22-24-25-26-27-28-29-30-31-32-33-34-35-36-37-38-39-40-41-42-44-46-48-50-52-54-56-58-65(70)76-63(62-75-67(66(71)72)73-60-59-68(3,4)5)61-74-64(69)57-55-53-51-49-47-45-43-23-21-19-17-15-13-11-9-7-2/h8,10,14,16,20,22,25-26,63,67H,6-7,9,11-13,15,17-19,21,23-24,27-62H2,1-5H3/b10-8-,16-14-,22-20-,26-25-. The van der Waals surface area contributed by atoms with Crippen LogP contribution in [0.2, 0.25) is 0 Å². The summed E-state index contributed by atoms with van der Waals surface area (Å²) in [6.07, 6.45) is 70.4. The lowest BCUT2D eigenvalue weighted by molar-refractivity contribution is -0.870. The molecule has 0 aliphatic carbocycles. The molecular formula is C67H123NO8. The molecule has 0 aromatic carbocycles. The molecule has 0 aromatic heterocycles. The summed E-state index contributed by atoms with van der Waals surface area (Å²) in [5, 5.41) is 11.8. The first-order valence-electron chi connectivity index (χ1n) is 32.3. The molecule has 0 heterocycles. The van der Waals surface area contributed by atoms with Crippen LogP contribution < -0.4 is 5.11 Å². The first-order valence-corrected chi connectivity index (χ1v) is 32.3. The largest absolute Gasteiger partial charge is 0.545 e. The van der Waals surface area contributed by atoms with E-state index in [0.29, 0.717) is 17.4 Å². The number of carboxylic acids is 1. The van der Waals surface area contributed by atoms with Crippen LogP contribution in [0.3, 0.4) is 0 Å². The number of aliphatic carboxylic acids is 1. The number of ether oxygens (including phenoxy) is 4. The van der Waals surface area contributed by atoms with E-state index < -0.39 is 24.3 Å². The Morgan fingerprint density at radius 2 is 0.750 bits per heavy atom. The fraction of sp³-hybridized carbons (Fsp3) is 0.836. The SMILES string of the molecule is CC/C=C\C/C=C\C/C=C\C/C=C\CCCCCCCCCCCCCCCCCCCCCCCCC(=O)OC(COC(=O)CCCCCCCCCCCCCCCCCC)COC(OCC[N+](C)(C)C)C(=O)[O-]. The molecule has 444 valence electrons. The van der Waals surface area contributed by atoms with Crippen LogP contribution >= 0.6 is 0 Å². The minimum Gasteiger partial charge on any atom is -0.545 e. The summed E-state index contributed by atoms with van der Waals surface area (Å²) in [4.78, 5) is 37.3. The molecule has 0 N–H and O–H groups in total. The third kappa shape index (κ3) is 58.9. The number of allylic oxidation sites excluding steroid dienone is 8.